The fourth-order valence-corrected chi connectivity index (χ4v) is 4.39. The van der Waals surface area contributed by atoms with Crippen molar-refractivity contribution in [2.45, 2.75) is 57.9 Å². The lowest BCUT2D eigenvalue weighted by Gasteiger charge is -2.30. The molecule has 6 nitrogen and oxygen atoms in total. The minimum Gasteiger partial charge on any atom is -0.465 e. The molecule has 0 unspecified atom stereocenters. The third-order valence-corrected chi connectivity index (χ3v) is 5.72. The average molecular weight is 430 g/mol. The summed E-state index contributed by atoms with van der Waals surface area (Å²) < 4.78 is 0. The van der Waals surface area contributed by atoms with Crippen molar-refractivity contribution in [1.82, 2.24) is 9.88 Å². The number of likely N-dealkylation sites (tertiary alicyclic amines) is 1. The number of amides is 2. The van der Waals surface area contributed by atoms with Crippen LogP contribution in [0, 0.1) is 6.92 Å². The van der Waals surface area contributed by atoms with E-state index in [9.17, 15) is 9.59 Å². The number of anilines is 1. The van der Waals surface area contributed by atoms with Gasteiger partial charge in [0.2, 0.25) is 5.91 Å². The van der Waals surface area contributed by atoms with Gasteiger partial charge in [0.15, 0.2) is 0 Å². The lowest BCUT2D eigenvalue weighted by molar-refractivity contribution is -0.130. The Kier molecular flexibility index (Phi) is 7.69. The van der Waals surface area contributed by atoms with Crippen molar-refractivity contribution < 1.29 is 14.7 Å². The van der Waals surface area contributed by atoms with Crippen LogP contribution in [0.25, 0.3) is 11.1 Å². The normalized spacial score (nSPS) is 16.7. The second kappa shape index (κ2) is 10.4. The highest BCUT2D eigenvalue weighted by Gasteiger charge is 2.28. The quantitative estimate of drug-likeness (QED) is 0.651. The van der Waals surface area contributed by atoms with Crippen molar-refractivity contribution in [3.63, 3.8) is 0 Å². The second-order valence-corrected chi connectivity index (χ2v) is 8.30. The summed E-state index contributed by atoms with van der Waals surface area (Å²) in [5.74, 6) is 0.701. The molecule has 1 aromatic carbocycles. The molecule has 2 aliphatic rings. The molecule has 30 heavy (non-hydrogen) atoms. The zero-order valence-corrected chi connectivity index (χ0v) is 18.0. The van der Waals surface area contributed by atoms with E-state index >= 15 is 0 Å². The first-order chi connectivity index (χ1) is 14.4. The molecule has 2 heterocycles. The summed E-state index contributed by atoms with van der Waals surface area (Å²) in [4.78, 5) is 28.0. The Morgan fingerprint density at radius 1 is 1.13 bits per heavy atom. The SMILES string of the molecule is Cc1cc(Cl)cc(-c2ccc(NC(=O)O)nc2)c1.O=C1CCCN1C1CCCCC1. The van der Waals surface area contributed by atoms with Gasteiger partial charge in [-0.05, 0) is 61.6 Å². The first-order valence-corrected chi connectivity index (χ1v) is 10.8. The van der Waals surface area contributed by atoms with Crippen LogP contribution in [0.1, 0.15) is 50.5 Å². The van der Waals surface area contributed by atoms with E-state index in [1.54, 1.807) is 18.3 Å². The van der Waals surface area contributed by atoms with Crippen molar-refractivity contribution in [3.05, 3.63) is 47.1 Å². The molecule has 0 spiro atoms. The van der Waals surface area contributed by atoms with Crippen LogP contribution in [0.15, 0.2) is 36.5 Å². The van der Waals surface area contributed by atoms with Crippen LogP contribution in [-0.4, -0.2) is 39.6 Å². The van der Waals surface area contributed by atoms with Crippen LogP contribution in [0.3, 0.4) is 0 Å². The van der Waals surface area contributed by atoms with Crippen LogP contribution in [0.4, 0.5) is 10.6 Å². The molecule has 1 aliphatic heterocycles. The summed E-state index contributed by atoms with van der Waals surface area (Å²) in [6.07, 6.45) is 8.91. The highest BCUT2D eigenvalue weighted by atomic mass is 35.5. The molecule has 2 amide bonds. The fourth-order valence-electron chi connectivity index (χ4n) is 4.10. The van der Waals surface area contributed by atoms with Crippen molar-refractivity contribution in [3.8, 4) is 11.1 Å². The zero-order chi connectivity index (χ0) is 21.5. The molecule has 0 atom stereocenters. The summed E-state index contributed by atoms with van der Waals surface area (Å²) in [5, 5.41) is 11.4. The van der Waals surface area contributed by atoms with Crippen LogP contribution in [0.2, 0.25) is 5.02 Å². The Balaban J connectivity index is 0.000000184. The van der Waals surface area contributed by atoms with Gasteiger partial charge < -0.3 is 10.0 Å². The van der Waals surface area contributed by atoms with E-state index in [0.29, 0.717) is 22.8 Å². The minimum atomic E-state index is -1.13. The number of benzene rings is 1. The van der Waals surface area contributed by atoms with Crippen molar-refractivity contribution in [2.24, 2.45) is 0 Å². The summed E-state index contributed by atoms with van der Waals surface area (Å²) >= 11 is 5.99. The van der Waals surface area contributed by atoms with Gasteiger partial charge in [0.25, 0.3) is 0 Å². The van der Waals surface area contributed by atoms with E-state index in [-0.39, 0.29) is 0 Å². The number of nitrogens with one attached hydrogen (secondary N) is 1. The topological polar surface area (TPSA) is 82.5 Å². The molecule has 0 radical (unpaired) electrons. The molecule has 2 aromatic rings. The Morgan fingerprint density at radius 3 is 2.47 bits per heavy atom. The lowest BCUT2D eigenvalue weighted by Crippen LogP contribution is -2.37. The van der Waals surface area contributed by atoms with E-state index in [1.807, 2.05) is 25.1 Å². The highest BCUT2D eigenvalue weighted by Crippen LogP contribution is 2.26. The molecule has 2 fully saturated rings. The van der Waals surface area contributed by atoms with Gasteiger partial charge in [0.05, 0.1) is 0 Å². The molecule has 4 rings (SSSR count). The number of rotatable bonds is 3. The molecule has 160 valence electrons. The van der Waals surface area contributed by atoms with Gasteiger partial charge in [-0.1, -0.05) is 36.9 Å². The first kappa shape index (κ1) is 22.1. The molecule has 1 saturated heterocycles. The standard InChI is InChI=1S/C13H11ClN2O2.C10H17NO/c1-8-4-10(6-11(14)5-8)9-2-3-12(15-7-9)16-13(17)18;12-10-7-4-8-11(10)9-5-2-1-3-6-9/h2-7H,1H3,(H,15,16)(H,17,18);9H,1-8H2. The monoisotopic (exact) mass is 429 g/mol. The third-order valence-electron chi connectivity index (χ3n) is 5.50. The van der Waals surface area contributed by atoms with Crippen molar-refractivity contribution in [2.75, 3.05) is 11.9 Å². The Labute approximate surface area is 182 Å². The van der Waals surface area contributed by atoms with Crippen LogP contribution < -0.4 is 5.32 Å². The summed E-state index contributed by atoms with van der Waals surface area (Å²) in [7, 11) is 0. The third kappa shape index (κ3) is 6.20. The summed E-state index contributed by atoms with van der Waals surface area (Å²) in [5.41, 5.74) is 2.90. The molecule has 7 heteroatoms. The first-order valence-electron chi connectivity index (χ1n) is 10.5. The van der Waals surface area contributed by atoms with Crippen LogP contribution in [0.5, 0.6) is 0 Å². The number of aromatic nitrogens is 1. The van der Waals surface area contributed by atoms with E-state index in [0.717, 1.165) is 36.1 Å². The number of halogens is 1. The Morgan fingerprint density at radius 2 is 1.90 bits per heavy atom. The molecule has 1 aliphatic carbocycles. The largest absolute Gasteiger partial charge is 0.465 e. The predicted octanol–water partition coefficient (Wildman–Crippen LogP) is 5.74. The molecule has 1 saturated carbocycles. The van der Waals surface area contributed by atoms with Crippen LogP contribution >= 0.6 is 11.6 Å². The molecule has 2 N–H and O–H groups in total. The van der Waals surface area contributed by atoms with Gasteiger partial charge in [-0.2, -0.15) is 0 Å². The average Bonchev–Trinajstić information content (AvgIpc) is 3.14. The highest BCUT2D eigenvalue weighted by molar-refractivity contribution is 6.30. The second-order valence-electron chi connectivity index (χ2n) is 7.86. The molecular weight excluding hydrogens is 402 g/mol. The van der Waals surface area contributed by atoms with Gasteiger partial charge in [0, 0.05) is 35.8 Å². The number of aryl methyl sites for hydroxylation is 1. The number of nitrogens with zero attached hydrogens (tertiary/aromatic N) is 2. The minimum absolute atomic E-state index is 0.296. The Bertz CT molecular complexity index is 860. The van der Waals surface area contributed by atoms with Crippen molar-refractivity contribution in [1.29, 1.82) is 0 Å². The van der Waals surface area contributed by atoms with E-state index in [2.05, 4.69) is 15.2 Å². The van der Waals surface area contributed by atoms with Gasteiger partial charge in [0.1, 0.15) is 5.82 Å². The van der Waals surface area contributed by atoms with Crippen LogP contribution in [-0.2, 0) is 4.79 Å². The van der Waals surface area contributed by atoms with E-state index in [4.69, 9.17) is 16.7 Å². The number of hydrogen-bond donors (Lipinski definition) is 2. The maximum Gasteiger partial charge on any atom is 0.410 e. The predicted molar refractivity (Wildman–Crippen MR) is 119 cm³/mol. The summed E-state index contributed by atoms with van der Waals surface area (Å²) in [6, 6.07) is 9.72. The van der Waals surface area contributed by atoms with E-state index in [1.165, 1.54) is 32.1 Å². The van der Waals surface area contributed by atoms with Gasteiger partial charge in [-0.3, -0.25) is 10.1 Å². The summed E-state index contributed by atoms with van der Waals surface area (Å²) in [6.45, 7) is 2.99. The molecular formula is C23H28ClN3O3. The zero-order valence-electron chi connectivity index (χ0n) is 17.2. The molecule has 1 aromatic heterocycles. The maximum atomic E-state index is 11.4. The van der Waals surface area contributed by atoms with Gasteiger partial charge >= 0.3 is 6.09 Å². The number of carbonyl (C=O) groups excluding carboxylic acids is 1. The van der Waals surface area contributed by atoms with Crippen molar-refractivity contribution >= 4 is 29.4 Å². The lowest BCUT2D eigenvalue weighted by atomic mass is 9.94. The number of hydrogen-bond acceptors (Lipinski definition) is 3. The number of carboxylic acid groups (broad SMARTS) is 1. The fraction of sp³-hybridized carbons (Fsp3) is 0.435. The van der Waals surface area contributed by atoms with Gasteiger partial charge in [-0.25, -0.2) is 9.78 Å². The smallest absolute Gasteiger partial charge is 0.410 e. The van der Waals surface area contributed by atoms with Gasteiger partial charge in [-0.15, -0.1) is 0 Å². The maximum absolute atomic E-state index is 11.4. The Hall–Kier alpha value is -2.60. The van der Waals surface area contributed by atoms with E-state index < -0.39 is 6.09 Å². The number of pyridine rings is 1. The molecule has 0 bridgehead atoms. The number of carbonyl (C=O) groups is 2.